The summed E-state index contributed by atoms with van der Waals surface area (Å²) in [6.07, 6.45) is -0.447. The minimum Gasteiger partial charge on any atom is -0.497 e. The predicted octanol–water partition coefficient (Wildman–Crippen LogP) is 2.00. The quantitative estimate of drug-likeness (QED) is 0.870. The lowest BCUT2D eigenvalue weighted by molar-refractivity contribution is 0.0686. The molecule has 4 nitrogen and oxygen atoms in total. The van der Waals surface area contributed by atoms with E-state index in [-0.39, 0.29) is 0 Å². The van der Waals surface area contributed by atoms with E-state index in [9.17, 15) is 5.11 Å². The van der Waals surface area contributed by atoms with E-state index in [0.717, 1.165) is 43.4 Å². The van der Waals surface area contributed by atoms with Gasteiger partial charge >= 0.3 is 0 Å². The van der Waals surface area contributed by atoms with Crippen LogP contribution in [0.4, 0.5) is 0 Å². The van der Waals surface area contributed by atoms with Crippen LogP contribution < -0.4 is 4.74 Å². The Hall–Kier alpha value is -1.10. The van der Waals surface area contributed by atoms with Crippen molar-refractivity contribution in [1.82, 2.24) is 9.80 Å². The van der Waals surface area contributed by atoms with Crippen molar-refractivity contribution in [3.63, 3.8) is 0 Å². The van der Waals surface area contributed by atoms with Crippen LogP contribution >= 0.6 is 0 Å². The van der Waals surface area contributed by atoms with Crippen LogP contribution in [0.25, 0.3) is 0 Å². The van der Waals surface area contributed by atoms with Crippen LogP contribution in [-0.4, -0.2) is 61.3 Å². The Balaban J connectivity index is 1.82. The summed E-state index contributed by atoms with van der Waals surface area (Å²) < 4.78 is 5.21. The topological polar surface area (TPSA) is 35.9 Å². The van der Waals surface area contributed by atoms with Crippen molar-refractivity contribution in [1.29, 1.82) is 0 Å². The van der Waals surface area contributed by atoms with E-state index in [4.69, 9.17) is 4.74 Å². The molecule has 1 fully saturated rings. The molecule has 21 heavy (non-hydrogen) atoms. The van der Waals surface area contributed by atoms with Crippen molar-refractivity contribution in [3.8, 4) is 5.75 Å². The highest BCUT2D eigenvalue weighted by Crippen LogP contribution is 2.20. The molecule has 1 aliphatic heterocycles. The van der Waals surface area contributed by atoms with Gasteiger partial charge in [-0.05, 0) is 23.6 Å². The molecular formula is C17H28N2O2. The van der Waals surface area contributed by atoms with Gasteiger partial charge in [-0.15, -0.1) is 0 Å². The summed E-state index contributed by atoms with van der Waals surface area (Å²) in [4.78, 5) is 4.86. The molecule has 1 atom stereocenters. The number of hydrogen-bond donors (Lipinski definition) is 1. The van der Waals surface area contributed by atoms with E-state index in [0.29, 0.717) is 6.54 Å². The lowest BCUT2D eigenvalue weighted by atomic mass is 10.1. The first kappa shape index (κ1) is 16.3. The largest absolute Gasteiger partial charge is 0.497 e. The van der Waals surface area contributed by atoms with E-state index in [1.165, 1.54) is 6.54 Å². The third-order valence-electron chi connectivity index (χ3n) is 4.00. The summed E-state index contributed by atoms with van der Waals surface area (Å²) in [7, 11) is 1.65. The molecule has 0 aliphatic carbocycles. The first-order valence-electron chi connectivity index (χ1n) is 7.85. The third kappa shape index (κ3) is 4.99. The van der Waals surface area contributed by atoms with Crippen molar-refractivity contribution in [2.24, 2.45) is 5.92 Å². The van der Waals surface area contributed by atoms with Crippen molar-refractivity contribution in [2.75, 3.05) is 46.4 Å². The van der Waals surface area contributed by atoms with E-state index in [1.807, 2.05) is 24.3 Å². The Labute approximate surface area is 128 Å². The van der Waals surface area contributed by atoms with Crippen LogP contribution in [0.2, 0.25) is 0 Å². The fourth-order valence-corrected chi connectivity index (χ4v) is 2.87. The number of hydrogen-bond acceptors (Lipinski definition) is 4. The van der Waals surface area contributed by atoms with Gasteiger partial charge in [-0.25, -0.2) is 0 Å². The summed E-state index contributed by atoms with van der Waals surface area (Å²) in [5.41, 5.74) is 0.930. The molecule has 1 heterocycles. The average Bonchev–Trinajstić information content (AvgIpc) is 2.49. The smallest absolute Gasteiger partial charge is 0.119 e. The van der Waals surface area contributed by atoms with Crippen molar-refractivity contribution >= 4 is 0 Å². The van der Waals surface area contributed by atoms with Gasteiger partial charge in [0.15, 0.2) is 0 Å². The monoisotopic (exact) mass is 292 g/mol. The highest BCUT2D eigenvalue weighted by Gasteiger charge is 2.20. The molecule has 0 aromatic heterocycles. The van der Waals surface area contributed by atoms with E-state index in [2.05, 4.69) is 23.6 Å². The van der Waals surface area contributed by atoms with Crippen LogP contribution in [0.15, 0.2) is 24.3 Å². The van der Waals surface area contributed by atoms with Gasteiger partial charge in [-0.1, -0.05) is 26.0 Å². The molecule has 1 aliphatic rings. The minimum absolute atomic E-state index is 0.447. The van der Waals surface area contributed by atoms with Crippen LogP contribution in [0.5, 0.6) is 5.75 Å². The molecular weight excluding hydrogens is 264 g/mol. The fraction of sp³-hybridized carbons (Fsp3) is 0.647. The number of aliphatic hydroxyl groups is 1. The van der Waals surface area contributed by atoms with E-state index >= 15 is 0 Å². The zero-order chi connectivity index (χ0) is 15.2. The van der Waals surface area contributed by atoms with Crippen LogP contribution in [0.1, 0.15) is 25.5 Å². The maximum atomic E-state index is 10.4. The number of rotatable bonds is 6. The number of methoxy groups -OCH3 is 1. The van der Waals surface area contributed by atoms with Crippen LogP contribution in [0, 0.1) is 5.92 Å². The van der Waals surface area contributed by atoms with Gasteiger partial charge in [-0.3, -0.25) is 4.90 Å². The van der Waals surface area contributed by atoms with Crippen molar-refractivity contribution in [2.45, 2.75) is 20.0 Å². The standard InChI is InChI=1S/C17H28N2O2/c1-14(2)12-18-7-9-19(10-8-18)13-17(20)15-5-4-6-16(11-15)21-3/h4-6,11,14,17,20H,7-10,12-13H2,1-3H3. The lowest BCUT2D eigenvalue weighted by Gasteiger charge is -2.36. The summed E-state index contributed by atoms with van der Waals surface area (Å²) in [5, 5.41) is 10.4. The van der Waals surface area contributed by atoms with Gasteiger partial charge in [0.25, 0.3) is 0 Å². The van der Waals surface area contributed by atoms with Gasteiger partial charge in [0, 0.05) is 39.3 Å². The number of benzene rings is 1. The molecule has 118 valence electrons. The second-order valence-electron chi connectivity index (χ2n) is 6.29. The number of piperazine rings is 1. The van der Waals surface area contributed by atoms with Gasteiger partial charge in [0.05, 0.1) is 13.2 Å². The maximum Gasteiger partial charge on any atom is 0.119 e. The summed E-state index contributed by atoms with van der Waals surface area (Å²) in [6, 6.07) is 7.71. The fourth-order valence-electron chi connectivity index (χ4n) is 2.87. The molecule has 1 N–H and O–H groups in total. The van der Waals surface area contributed by atoms with Crippen molar-refractivity contribution < 1.29 is 9.84 Å². The molecule has 1 aromatic rings. The lowest BCUT2D eigenvalue weighted by Crippen LogP contribution is -2.48. The van der Waals surface area contributed by atoms with E-state index < -0.39 is 6.10 Å². The molecule has 1 aromatic carbocycles. The normalized spacial score (nSPS) is 18.9. The summed E-state index contributed by atoms with van der Waals surface area (Å²) >= 11 is 0. The number of aliphatic hydroxyl groups excluding tert-OH is 1. The molecule has 1 unspecified atom stereocenters. The van der Waals surface area contributed by atoms with Gasteiger partial charge in [-0.2, -0.15) is 0 Å². The predicted molar refractivity (Wildman–Crippen MR) is 85.7 cm³/mol. The Morgan fingerprint density at radius 2 is 1.71 bits per heavy atom. The number of ether oxygens (including phenoxy) is 1. The average molecular weight is 292 g/mol. The zero-order valence-electron chi connectivity index (χ0n) is 13.5. The second-order valence-corrected chi connectivity index (χ2v) is 6.29. The van der Waals surface area contributed by atoms with Crippen LogP contribution in [-0.2, 0) is 0 Å². The third-order valence-corrected chi connectivity index (χ3v) is 4.00. The van der Waals surface area contributed by atoms with Gasteiger partial charge in [0.1, 0.15) is 5.75 Å². The number of β-amino-alcohol motifs (C(OH)–C–C–N with tert-alkyl or cyclic N) is 1. The van der Waals surface area contributed by atoms with Gasteiger partial charge < -0.3 is 14.7 Å². The highest BCUT2D eigenvalue weighted by atomic mass is 16.5. The summed E-state index contributed by atoms with van der Waals surface area (Å²) in [6.45, 7) is 10.7. The van der Waals surface area contributed by atoms with Crippen LogP contribution in [0.3, 0.4) is 0 Å². The maximum absolute atomic E-state index is 10.4. The zero-order valence-corrected chi connectivity index (χ0v) is 13.5. The Kier molecular flexibility index (Phi) is 6.03. The molecule has 0 amide bonds. The molecule has 0 radical (unpaired) electrons. The Bertz CT molecular complexity index is 429. The highest BCUT2D eigenvalue weighted by molar-refractivity contribution is 5.29. The SMILES string of the molecule is COc1cccc(C(O)CN2CCN(CC(C)C)CC2)c1. The van der Waals surface area contributed by atoms with Crippen molar-refractivity contribution in [3.05, 3.63) is 29.8 Å². The molecule has 2 rings (SSSR count). The molecule has 0 spiro atoms. The first-order chi connectivity index (χ1) is 10.1. The minimum atomic E-state index is -0.447. The second kappa shape index (κ2) is 7.78. The molecule has 4 heteroatoms. The van der Waals surface area contributed by atoms with Gasteiger partial charge in [0.2, 0.25) is 0 Å². The summed E-state index contributed by atoms with van der Waals surface area (Å²) in [5.74, 6) is 1.52. The van der Waals surface area contributed by atoms with E-state index in [1.54, 1.807) is 7.11 Å². The molecule has 0 saturated carbocycles. The Morgan fingerprint density at radius 1 is 1.10 bits per heavy atom. The molecule has 1 saturated heterocycles. The first-order valence-corrected chi connectivity index (χ1v) is 7.85. The number of nitrogens with zero attached hydrogens (tertiary/aromatic N) is 2. The Morgan fingerprint density at radius 3 is 2.29 bits per heavy atom. The molecule has 0 bridgehead atoms.